The van der Waals surface area contributed by atoms with Crippen molar-refractivity contribution in [2.45, 2.75) is 52.6 Å². The summed E-state index contributed by atoms with van der Waals surface area (Å²) in [7, 11) is 0. The smallest absolute Gasteiger partial charge is 0.311 e. The van der Waals surface area contributed by atoms with Gasteiger partial charge in [0.25, 0.3) is 0 Å². The Morgan fingerprint density at radius 3 is 2.48 bits per heavy atom. The molecular formula is C17H22O6. The van der Waals surface area contributed by atoms with Crippen LogP contribution < -0.4 is 9.47 Å². The fourth-order valence-electron chi connectivity index (χ4n) is 2.83. The Hall–Kier alpha value is -2.08. The fraction of sp³-hybridized carbons (Fsp3) is 0.529. The van der Waals surface area contributed by atoms with E-state index in [-0.39, 0.29) is 25.6 Å². The van der Waals surface area contributed by atoms with Crippen LogP contribution >= 0.6 is 0 Å². The number of ether oxygens (including phenoxy) is 2. The van der Waals surface area contributed by atoms with Crippen molar-refractivity contribution in [1.82, 2.24) is 0 Å². The van der Waals surface area contributed by atoms with E-state index >= 15 is 0 Å². The maximum absolute atomic E-state index is 11.8. The highest BCUT2D eigenvalue weighted by Crippen LogP contribution is 2.43. The highest BCUT2D eigenvalue weighted by Gasteiger charge is 2.29. The third kappa shape index (κ3) is 3.64. The molecule has 2 rings (SSSR count). The molecule has 23 heavy (non-hydrogen) atoms. The monoisotopic (exact) mass is 322 g/mol. The minimum atomic E-state index is -1.03. The molecule has 0 bridgehead atoms. The molecule has 126 valence electrons. The molecule has 0 fully saturated rings. The summed E-state index contributed by atoms with van der Waals surface area (Å²) >= 11 is 0. The standard InChI is InChI=1S/C17H22O6/c1-9-10(2)17-13(8-12(22-17)6-7-18)11(3)16(9)23-15(21)5-4-14(19)20/h12,18H,4-8H2,1-3H3,(H,19,20). The van der Waals surface area contributed by atoms with E-state index in [0.29, 0.717) is 18.6 Å². The number of rotatable bonds is 6. The van der Waals surface area contributed by atoms with Gasteiger partial charge in [0.15, 0.2) is 0 Å². The van der Waals surface area contributed by atoms with Crippen LogP contribution in [0.15, 0.2) is 0 Å². The number of aliphatic carboxylic acids is 1. The number of carboxylic acid groups (broad SMARTS) is 1. The van der Waals surface area contributed by atoms with Crippen LogP contribution in [0.2, 0.25) is 0 Å². The van der Waals surface area contributed by atoms with Crippen molar-refractivity contribution in [3.8, 4) is 11.5 Å². The molecule has 6 heteroatoms. The zero-order chi connectivity index (χ0) is 17.1. The summed E-state index contributed by atoms with van der Waals surface area (Å²) in [5.74, 6) is -0.279. The minimum Gasteiger partial charge on any atom is -0.489 e. The third-order valence-corrected chi connectivity index (χ3v) is 4.24. The first-order valence-electron chi connectivity index (χ1n) is 7.67. The Bertz CT molecular complexity index is 635. The largest absolute Gasteiger partial charge is 0.489 e. The predicted molar refractivity (Wildman–Crippen MR) is 83.0 cm³/mol. The normalized spacial score (nSPS) is 15.9. The lowest BCUT2D eigenvalue weighted by Crippen LogP contribution is -2.14. The average Bonchev–Trinajstić information content (AvgIpc) is 2.92. The zero-order valence-electron chi connectivity index (χ0n) is 13.6. The summed E-state index contributed by atoms with van der Waals surface area (Å²) in [5, 5.41) is 17.7. The van der Waals surface area contributed by atoms with Gasteiger partial charge in [-0.05, 0) is 37.5 Å². The molecule has 1 aromatic carbocycles. The molecule has 0 amide bonds. The first kappa shape index (κ1) is 17.3. The molecular weight excluding hydrogens is 300 g/mol. The predicted octanol–water partition coefficient (Wildman–Crippen LogP) is 2.07. The molecule has 1 aliphatic heterocycles. The average molecular weight is 322 g/mol. The van der Waals surface area contributed by atoms with Gasteiger partial charge in [-0.15, -0.1) is 0 Å². The molecule has 1 aliphatic rings. The highest BCUT2D eigenvalue weighted by molar-refractivity contribution is 5.79. The quantitative estimate of drug-likeness (QED) is 0.615. The van der Waals surface area contributed by atoms with E-state index in [2.05, 4.69) is 0 Å². The summed E-state index contributed by atoms with van der Waals surface area (Å²) in [6.45, 7) is 5.69. The third-order valence-electron chi connectivity index (χ3n) is 4.24. The number of esters is 1. The van der Waals surface area contributed by atoms with Gasteiger partial charge in [-0.3, -0.25) is 9.59 Å². The van der Waals surface area contributed by atoms with Gasteiger partial charge in [0.05, 0.1) is 12.8 Å². The summed E-state index contributed by atoms with van der Waals surface area (Å²) in [5.41, 5.74) is 3.56. The van der Waals surface area contributed by atoms with E-state index in [9.17, 15) is 9.59 Å². The van der Waals surface area contributed by atoms with E-state index in [0.717, 1.165) is 28.0 Å². The van der Waals surface area contributed by atoms with E-state index in [1.165, 1.54) is 0 Å². The number of carbonyl (C=O) groups is 2. The van der Waals surface area contributed by atoms with Crippen molar-refractivity contribution >= 4 is 11.9 Å². The lowest BCUT2D eigenvalue weighted by molar-refractivity contribution is -0.142. The van der Waals surface area contributed by atoms with Gasteiger partial charge >= 0.3 is 11.9 Å². The van der Waals surface area contributed by atoms with Gasteiger partial charge in [0, 0.05) is 25.0 Å². The number of aliphatic hydroxyl groups excluding tert-OH is 1. The van der Waals surface area contributed by atoms with Crippen LogP contribution in [0.1, 0.15) is 41.5 Å². The van der Waals surface area contributed by atoms with Gasteiger partial charge in [-0.2, -0.15) is 0 Å². The molecule has 6 nitrogen and oxygen atoms in total. The molecule has 1 aromatic rings. The van der Waals surface area contributed by atoms with Crippen molar-refractivity contribution in [2.75, 3.05) is 6.61 Å². The molecule has 2 N–H and O–H groups in total. The Morgan fingerprint density at radius 2 is 1.87 bits per heavy atom. The Labute approximate surface area is 135 Å². The number of carbonyl (C=O) groups excluding carboxylic acids is 1. The number of benzene rings is 1. The molecule has 0 aliphatic carbocycles. The molecule has 0 saturated carbocycles. The molecule has 0 aromatic heterocycles. The molecule has 1 unspecified atom stereocenters. The van der Waals surface area contributed by atoms with Gasteiger partial charge in [0.2, 0.25) is 0 Å². The second-order valence-electron chi connectivity index (χ2n) is 5.84. The van der Waals surface area contributed by atoms with Crippen LogP contribution in [-0.4, -0.2) is 34.9 Å². The second-order valence-corrected chi connectivity index (χ2v) is 5.84. The molecule has 0 saturated heterocycles. The molecule has 0 spiro atoms. The van der Waals surface area contributed by atoms with E-state index in [4.69, 9.17) is 19.7 Å². The lowest BCUT2D eigenvalue weighted by atomic mass is 9.95. The number of fused-ring (bicyclic) bond motifs is 1. The SMILES string of the molecule is Cc1c(C)c2c(c(C)c1OC(=O)CCC(=O)O)CC(CCO)O2. The minimum absolute atomic E-state index is 0.0623. The van der Waals surface area contributed by atoms with Gasteiger partial charge in [-0.25, -0.2) is 0 Å². The topological polar surface area (TPSA) is 93.1 Å². The summed E-state index contributed by atoms with van der Waals surface area (Å²) in [6.07, 6.45) is 0.754. The highest BCUT2D eigenvalue weighted by atomic mass is 16.5. The van der Waals surface area contributed by atoms with Crippen LogP contribution in [0.3, 0.4) is 0 Å². The van der Waals surface area contributed by atoms with Crippen molar-refractivity contribution in [3.63, 3.8) is 0 Å². The van der Waals surface area contributed by atoms with Crippen LogP contribution in [0, 0.1) is 20.8 Å². The zero-order valence-corrected chi connectivity index (χ0v) is 13.6. The maximum Gasteiger partial charge on any atom is 0.311 e. The van der Waals surface area contributed by atoms with Crippen LogP contribution in [0.5, 0.6) is 11.5 Å². The summed E-state index contributed by atoms with van der Waals surface area (Å²) in [4.78, 5) is 22.4. The van der Waals surface area contributed by atoms with Crippen molar-refractivity contribution in [2.24, 2.45) is 0 Å². The van der Waals surface area contributed by atoms with Crippen molar-refractivity contribution in [1.29, 1.82) is 0 Å². The fourth-order valence-corrected chi connectivity index (χ4v) is 2.83. The number of hydrogen-bond donors (Lipinski definition) is 2. The molecule has 0 radical (unpaired) electrons. The van der Waals surface area contributed by atoms with Crippen LogP contribution in [-0.2, 0) is 16.0 Å². The van der Waals surface area contributed by atoms with Gasteiger partial charge in [-0.1, -0.05) is 0 Å². The number of aliphatic hydroxyl groups is 1. The van der Waals surface area contributed by atoms with Crippen LogP contribution in [0.4, 0.5) is 0 Å². The summed E-state index contributed by atoms with van der Waals surface area (Å²) < 4.78 is 11.3. The molecule has 1 heterocycles. The number of hydrogen-bond acceptors (Lipinski definition) is 5. The Balaban J connectivity index is 2.26. The first-order chi connectivity index (χ1) is 10.8. The van der Waals surface area contributed by atoms with Crippen molar-refractivity contribution < 1.29 is 29.3 Å². The second kappa shape index (κ2) is 7.00. The first-order valence-corrected chi connectivity index (χ1v) is 7.67. The van der Waals surface area contributed by atoms with E-state index in [1.807, 2.05) is 20.8 Å². The van der Waals surface area contributed by atoms with Gasteiger partial charge in [0.1, 0.15) is 17.6 Å². The van der Waals surface area contributed by atoms with E-state index < -0.39 is 11.9 Å². The maximum atomic E-state index is 11.8. The lowest BCUT2D eigenvalue weighted by Gasteiger charge is -2.16. The van der Waals surface area contributed by atoms with E-state index in [1.54, 1.807) is 0 Å². The van der Waals surface area contributed by atoms with Crippen molar-refractivity contribution in [3.05, 3.63) is 22.3 Å². The Kier molecular flexibility index (Phi) is 5.26. The number of carboxylic acids is 1. The Morgan fingerprint density at radius 1 is 1.17 bits per heavy atom. The van der Waals surface area contributed by atoms with Gasteiger partial charge < -0.3 is 19.7 Å². The summed E-state index contributed by atoms with van der Waals surface area (Å²) in [6, 6.07) is 0. The van der Waals surface area contributed by atoms with Crippen LogP contribution in [0.25, 0.3) is 0 Å². The molecule has 1 atom stereocenters.